The number of imide groups is 1. The quantitative estimate of drug-likeness (QED) is 0.120. The number of para-hydroxylation sites is 1. The molecule has 0 bridgehead atoms. The van der Waals surface area contributed by atoms with Crippen LogP contribution in [0.1, 0.15) is 39.6 Å². The van der Waals surface area contributed by atoms with E-state index in [0.29, 0.717) is 34.4 Å². The molecule has 0 radical (unpaired) electrons. The van der Waals surface area contributed by atoms with E-state index in [1.165, 1.54) is 24.3 Å². The average Bonchev–Trinajstić information content (AvgIpc) is 3.35. The number of anilines is 1. The molecule has 10 nitrogen and oxygen atoms in total. The number of hydrogen-bond acceptors (Lipinski definition) is 10. The van der Waals surface area contributed by atoms with Crippen molar-refractivity contribution >= 4 is 41.0 Å². The molecule has 2 heterocycles. The molecule has 5 rings (SSSR count). The number of carbonyl (C=O) groups is 4. The highest BCUT2D eigenvalue weighted by Crippen LogP contribution is 2.37. The van der Waals surface area contributed by atoms with E-state index < -0.39 is 29.6 Å². The van der Waals surface area contributed by atoms with E-state index in [1.807, 2.05) is 25.1 Å². The van der Waals surface area contributed by atoms with Crippen LogP contribution in [0.2, 0.25) is 0 Å². The molecule has 11 heteroatoms. The summed E-state index contributed by atoms with van der Waals surface area (Å²) in [6.45, 7) is 1.91. The van der Waals surface area contributed by atoms with Crippen LogP contribution in [-0.4, -0.2) is 54.1 Å². The molecule has 45 heavy (non-hydrogen) atoms. The normalized spacial score (nSPS) is 14.2. The first-order valence-corrected chi connectivity index (χ1v) is 14.8. The number of Topliss-reactive ketones (excluding diaryl/α,β-unsaturated/α-hetero) is 1. The van der Waals surface area contributed by atoms with Crippen molar-refractivity contribution in [1.29, 1.82) is 5.26 Å². The van der Waals surface area contributed by atoms with E-state index in [9.17, 15) is 24.4 Å². The summed E-state index contributed by atoms with van der Waals surface area (Å²) in [6, 6.07) is 25.1. The molecule has 0 saturated carbocycles. The van der Waals surface area contributed by atoms with Gasteiger partial charge in [0.2, 0.25) is 11.8 Å². The van der Waals surface area contributed by atoms with E-state index in [2.05, 4.69) is 11.1 Å². The van der Waals surface area contributed by atoms with Gasteiger partial charge < -0.3 is 14.2 Å². The van der Waals surface area contributed by atoms with Gasteiger partial charge in [0.15, 0.2) is 12.4 Å². The Morgan fingerprint density at radius 3 is 2.38 bits per heavy atom. The Kier molecular flexibility index (Phi) is 9.55. The van der Waals surface area contributed by atoms with E-state index in [-0.39, 0.29) is 29.0 Å². The molecule has 0 aliphatic carbocycles. The second-order valence-corrected chi connectivity index (χ2v) is 10.9. The van der Waals surface area contributed by atoms with Gasteiger partial charge in [-0.3, -0.25) is 14.4 Å². The molecular weight excluding hydrogens is 594 g/mol. The van der Waals surface area contributed by atoms with Crippen molar-refractivity contribution in [1.82, 2.24) is 4.98 Å². The Balaban J connectivity index is 1.24. The largest absolute Gasteiger partial charge is 0.496 e. The topological polar surface area (TPSA) is 136 Å². The highest BCUT2D eigenvalue weighted by Gasteiger charge is 2.41. The summed E-state index contributed by atoms with van der Waals surface area (Å²) in [5.41, 5.74) is 2.38. The van der Waals surface area contributed by atoms with Crippen LogP contribution in [0.3, 0.4) is 0 Å². The van der Waals surface area contributed by atoms with Gasteiger partial charge >= 0.3 is 5.97 Å². The summed E-state index contributed by atoms with van der Waals surface area (Å²) >= 11 is 1.05. The van der Waals surface area contributed by atoms with Crippen LogP contribution in [0, 0.1) is 11.3 Å². The lowest BCUT2D eigenvalue weighted by Gasteiger charge is -2.16. The van der Waals surface area contributed by atoms with Crippen molar-refractivity contribution in [2.75, 3.05) is 25.2 Å². The molecule has 1 fully saturated rings. The first kappa shape index (κ1) is 31.0. The highest BCUT2D eigenvalue weighted by atomic mass is 32.2. The second kappa shape index (κ2) is 13.9. The third-order valence-electron chi connectivity index (χ3n) is 6.91. The number of amides is 2. The minimum absolute atomic E-state index is 0.0909. The molecule has 2 amide bonds. The first-order valence-electron chi connectivity index (χ1n) is 13.9. The molecule has 1 aromatic heterocycles. The van der Waals surface area contributed by atoms with Gasteiger partial charge in [0.1, 0.15) is 22.6 Å². The van der Waals surface area contributed by atoms with Gasteiger partial charge in [-0.15, -0.1) is 0 Å². The molecule has 226 valence electrons. The van der Waals surface area contributed by atoms with Crippen LogP contribution in [0.15, 0.2) is 90.0 Å². The van der Waals surface area contributed by atoms with Gasteiger partial charge in [0.05, 0.1) is 41.5 Å². The maximum absolute atomic E-state index is 13.4. The van der Waals surface area contributed by atoms with Crippen molar-refractivity contribution in [3.8, 4) is 28.8 Å². The molecule has 0 spiro atoms. The maximum atomic E-state index is 13.4. The zero-order chi connectivity index (χ0) is 31.9. The fourth-order valence-corrected chi connectivity index (χ4v) is 5.77. The number of benzene rings is 3. The van der Waals surface area contributed by atoms with Crippen LogP contribution < -0.4 is 14.4 Å². The number of nitriles is 1. The molecule has 1 aliphatic heterocycles. The number of nitrogens with zero attached hydrogens (tertiary/aromatic N) is 3. The van der Waals surface area contributed by atoms with E-state index >= 15 is 0 Å². The molecule has 3 aromatic carbocycles. The van der Waals surface area contributed by atoms with E-state index in [4.69, 9.17) is 14.2 Å². The number of carbonyl (C=O) groups excluding carboxylic acids is 4. The summed E-state index contributed by atoms with van der Waals surface area (Å²) in [7, 11) is 1.55. The smallest absolute Gasteiger partial charge is 0.338 e. The number of methoxy groups -OCH3 is 1. The number of pyridine rings is 1. The van der Waals surface area contributed by atoms with Crippen LogP contribution in [0.25, 0.3) is 11.3 Å². The summed E-state index contributed by atoms with van der Waals surface area (Å²) in [5.74, 6) is -0.744. The minimum Gasteiger partial charge on any atom is -0.496 e. The van der Waals surface area contributed by atoms with Gasteiger partial charge in [-0.2, -0.15) is 5.26 Å². The third kappa shape index (κ3) is 6.87. The van der Waals surface area contributed by atoms with Crippen molar-refractivity contribution in [2.45, 2.75) is 23.6 Å². The van der Waals surface area contributed by atoms with Crippen LogP contribution in [-0.2, 0) is 14.3 Å². The van der Waals surface area contributed by atoms with Crippen molar-refractivity contribution in [2.24, 2.45) is 0 Å². The summed E-state index contributed by atoms with van der Waals surface area (Å²) in [5, 5.41) is 9.20. The zero-order valence-electron chi connectivity index (χ0n) is 24.4. The first-order chi connectivity index (χ1) is 21.8. The van der Waals surface area contributed by atoms with Crippen LogP contribution >= 0.6 is 11.8 Å². The average molecular weight is 622 g/mol. The van der Waals surface area contributed by atoms with Gasteiger partial charge in [-0.25, -0.2) is 14.7 Å². The third-order valence-corrected chi connectivity index (χ3v) is 8.09. The molecule has 1 atom stereocenters. The highest BCUT2D eigenvalue weighted by molar-refractivity contribution is 8.00. The number of esters is 1. The fraction of sp³-hybridized carbons (Fsp3) is 0.176. The molecule has 4 aromatic rings. The molecular formula is C34H27N3O7S. The lowest BCUT2D eigenvalue weighted by atomic mass is 10.1. The Morgan fingerprint density at radius 2 is 1.69 bits per heavy atom. The summed E-state index contributed by atoms with van der Waals surface area (Å²) in [4.78, 5) is 57.0. The number of aromatic nitrogens is 1. The monoisotopic (exact) mass is 621 g/mol. The standard InChI is InChI=1S/C34H27N3O7S/c1-3-43-25-15-10-21(11-16-25)28(38)20-44-34(41)22-8-13-24(14-9-22)37-31(39)18-30(33(37)40)45-32-23(19-35)12-17-27(36-32)26-6-4-5-7-29(26)42-2/h4-17,30H,3,18,20H2,1-2H3. The molecule has 1 unspecified atom stereocenters. The van der Waals surface area contributed by atoms with Gasteiger partial charge in [-0.05, 0) is 79.7 Å². The molecule has 1 aliphatic rings. The fourth-order valence-electron chi connectivity index (χ4n) is 4.67. The number of ether oxygens (including phenoxy) is 3. The Hall–Kier alpha value is -5.47. The van der Waals surface area contributed by atoms with E-state index in [1.54, 1.807) is 49.6 Å². The predicted octanol–water partition coefficient (Wildman–Crippen LogP) is 5.49. The van der Waals surface area contributed by atoms with Crippen molar-refractivity contribution in [3.63, 3.8) is 0 Å². The predicted molar refractivity (Wildman–Crippen MR) is 166 cm³/mol. The number of rotatable bonds is 11. The van der Waals surface area contributed by atoms with Crippen molar-refractivity contribution < 1.29 is 33.4 Å². The zero-order valence-corrected chi connectivity index (χ0v) is 25.2. The van der Waals surface area contributed by atoms with Gasteiger partial charge in [-0.1, -0.05) is 23.9 Å². The number of ketones is 1. The van der Waals surface area contributed by atoms with Crippen molar-refractivity contribution in [3.05, 3.63) is 102 Å². The Labute approximate surface area is 263 Å². The molecule has 0 N–H and O–H groups in total. The summed E-state index contributed by atoms with van der Waals surface area (Å²) < 4.78 is 16.0. The maximum Gasteiger partial charge on any atom is 0.338 e. The Morgan fingerprint density at radius 1 is 0.978 bits per heavy atom. The van der Waals surface area contributed by atoms with Gasteiger partial charge in [0.25, 0.3) is 0 Å². The van der Waals surface area contributed by atoms with Crippen LogP contribution in [0.4, 0.5) is 5.69 Å². The molecule has 1 saturated heterocycles. The number of hydrogen-bond donors (Lipinski definition) is 0. The minimum atomic E-state index is -0.803. The summed E-state index contributed by atoms with van der Waals surface area (Å²) in [6.07, 6.45) is -0.0909. The number of thioether (sulfide) groups is 1. The SMILES string of the molecule is CCOc1ccc(C(=O)COC(=O)c2ccc(N3C(=O)CC(Sc4nc(-c5ccccc5OC)ccc4C#N)C3=O)cc2)cc1. The van der Waals surface area contributed by atoms with Crippen LogP contribution in [0.5, 0.6) is 11.5 Å². The lowest BCUT2D eigenvalue weighted by molar-refractivity contribution is -0.121. The van der Waals surface area contributed by atoms with E-state index in [0.717, 1.165) is 22.2 Å². The van der Waals surface area contributed by atoms with Gasteiger partial charge in [0, 0.05) is 17.5 Å². The lowest BCUT2D eigenvalue weighted by Crippen LogP contribution is -2.31. The second-order valence-electron chi connectivity index (χ2n) is 9.74. The Bertz CT molecular complexity index is 1800.